The van der Waals surface area contributed by atoms with Crippen molar-refractivity contribution in [3.05, 3.63) is 192 Å². The zero-order chi connectivity index (χ0) is 52.1. The number of hydrogen-bond donors (Lipinski definition) is 0. The minimum atomic E-state index is -2.57. The molecule has 0 fully saturated rings. The number of nitrogens with zero attached hydrogens (tertiary/aromatic N) is 4. The van der Waals surface area contributed by atoms with Crippen LogP contribution in [0.5, 0.6) is 11.5 Å². The summed E-state index contributed by atoms with van der Waals surface area (Å²) < 4.78 is 74.8. The molecule has 326 valence electrons. The van der Waals surface area contributed by atoms with Gasteiger partial charge in [-0.05, 0) is 109 Å². The van der Waals surface area contributed by atoms with E-state index in [1.165, 1.54) is 11.6 Å². The molecule has 0 spiro atoms. The molecule has 5 heteroatoms. The van der Waals surface area contributed by atoms with Crippen molar-refractivity contribution in [1.82, 2.24) is 18.7 Å². The first-order chi connectivity index (χ1) is 34.4. The summed E-state index contributed by atoms with van der Waals surface area (Å²) in [5, 5.41) is 2.16. The fourth-order valence-electron chi connectivity index (χ4n) is 8.89. The van der Waals surface area contributed by atoms with Gasteiger partial charge in [0.15, 0.2) is 0 Å². The Morgan fingerprint density at radius 1 is 0.561 bits per heavy atom. The van der Waals surface area contributed by atoms with Crippen molar-refractivity contribution in [2.45, 2.75) is 85.4 Å². The average molecular weight is 870 g/mol. The van der Waals surface area contributed by atoms with Crippen molar-refractivity contribution in [3.8, 4) is 39.6 Å². The minimum absolute atomic E-state index is 0.0796. The van der Waals surface area contributed by atoms with Gasteiger partial charge in [0.05, 0.1) is 33.7 Å². The van der Waals surface area contributed by atoms with Gasteiger partial charge in [-0.15, -0.1) is 0 Å². The predicted molar refractivity (Wildman–Crippen MR) is 278 cm³/mol. The molecule has 0 atom stereocenters. The Hall–Kier alpha value is -7.33. The van der Waals surface area contributed by atoms with E-state index >= 15 is 0 Å². The molecule has 0 amide bonds. The zero-order valence-electron chi connectivity index (χ0n) is 46.1. The first kappa shape index (κ1) is 35.0. The number of benzene rings is 7. The summed E-state index contributed by atoms with van der Waals surface area (Å²) in [6.07, 6.45) is 1.87. The van der Waals surface area contributed by atoms with E-state index in [9.17, 15) is 2.74 Å². The molecule has 5 nitrogen and oxygen atoms in total. The maximum absolute atomic E-state index is 9.24. The molecule has 9 aromatic rings. The second-order valence-corrected chi connectivity index (χ2v) is 20.3. The van der Waals surface area contributed by atoms with Crippen LogP contribution in [0.25, 0.3) is 49.9 Å². The van der Waals surface area contributed by atoms with E-state index in [4.69, 9.17) is 16.6 Å². The van der Waals surface area contributed by atoms with E-state index in [-0.39, 0.29) is 51.5 Å². The van der Waals surface area contributed by atoms with Gasteiger partial charge >= 0.3 is 11.7 Å². The third kappa shape index (κ3) is 7.74. The van der Waals surface area contributed by atoms with Gasteiger partial charge in [-0.3, -0.25) is 4.57 Å². The van der Waals surface area contributed by atoms with Gasteiger partial charge in [0, 0.05) is 44.8 Å². The van der Waals surface area contributed by atoms with Crippen LogP contribution in [0, 0.1) is 6.85 Å². The lowest BCUT2D eigenvalue weighted by molar-refractivity contribution is 0.483. The molecule has 0 saturated heterocycles. The van der Waals surface area contributed by atoms with E-state index in [1.54, 1.807) is 22.8 Å². The van der Waals surface area contributed by atoms with E-state index in [0.29, 0.717) is 45.4 Å². The average Bonchev–Trinajstić information content (AvgIpc) is 3.88. The zero-order valence-corrected chi connectivity index (χ0v) is 39.1. The molecule has 1 aliphatic heterocycles. The van der Waals surface area contributed by atoms with Gasteiger partial charge in [0.1, 0.15) is 17.3 Å². The fourth-order valence-corrected chi connectivity index (χ4v) is 8.89. The summed E-state index contributed by atoms with van der Waals surface area (Å²) in [4.78, 5) is 4.86. The van der Waals surface area contributed by atoms with Crippen molar-refractivity contribution in [2.75, 3.05) is 0 Å². The Kier molecular flexibility index (Phi) is 8.47. The summed E-state index contributed by atoms with van der Waals surface area (Å²) in [5.41, 5.74) is 9.02. The van der Waals surface area contributed by atoms with Crippen LogP contribution < -0.4 is 13.9 Å². The SMILES string of the molecule is [2H]c1cc([2H])c(-c2cccc(-c3cc(C(C)(C)C)cc(C(C)(C)C)c3)c2[N+]2=C=[N+](c3cccc(Oc4ccc5c6ccccc6n(-c6cc(C(C)(C)C)ccn6)c5c4)c3)c3cccc(C([2H])([2H])[2H])c32)c([2H])c1[2H]. The first-order valence-electron chi connectivity index (χ1n) is 26.0. The molecular weight excluding hydrogens is 805 g/mol. The topological polar surface area (TPSA) is 33.1 Å². The van der Waals surface area contributed by atoms with Crippen molar-refractivity contribution >= 4 is 50.6 Å². The summed E-state index contributed by atoms with van der Waals surface area (Å²) in [6, 6.07) is 47.6. The first-order valence-corrected chi connectivity index (χ1v) is 22.5. The number of aromatic nitrogens is 2. The number of ether oxygens (including phenoxy) is 1. The number of pyridine rings is 1. The molecule has 3 heterocycles. The normalized spacial score (nSPS) is 14.7. The third-order valence-corrected chi connectivity index (χ3v) is 12.5. The number of para-hydroxylation sites is 3. The second-order valence-electron chi connectivity index (χ2n) is 20.3. The Bertz CT molecular complexity index is 3770. The van der Waals surface area contributed by atoms with E-state index in [1.807, 2.05) is 77.5 Å². The molecule has 0 unspecified atom stereocenters. The van der Waals surface area contributed by atoms with E-state index < -0.39 is 6.85 Å². The maximum atomic E-state index is 9.24. The molecule has 0 saturated carbocycles. The molecular formula is C61H58N4O+2. The van der Waals surface area contributed by atoms with Crippen molar-refractivity contribution in [3.63, 3.8) is 0 Å². The Labute approximate surface area is 399 Å². The molecule has 0 N–H and O–H groups in total. The van der Waals surface area contributed by atoms with Gasteiger partial charge in [0.2, 0.25) is 11.4 Å². The van der Waals surface area contributed by atoms with Gasteiger partial charge in [-0.25, -0.2) is 4.98 Å². The smallest absolute Gasteiger partial charge is 0.457 e. The van der Waals surface area contributed by atoms with Crippen LogP contribution in [0.15, 0.2) is 170 Å². The Balaban J connectivity index is 1.20. The summed E-state index contributed by atoms with van der Waals surface area (Å²) in [5.74, 6) is 1.95. The van der Waals surface area contributed by atoms with Crippen LogP contribution in [0.2, 0.25) is 0 Å². The molecule has 0 aliphatic carbocycles. The highest BCUT2D eigenvalue weighted by Crippen LogP contribution is 2.47. The Morgan fingerprint density at radius 3 is 2.02 bits per heavy atom. The lowest BCUT2D eigenvalue weighted by Gasteiger charge is -2.26. The molecule has 1 aliphatic rings. The largest absolute Gasteiger partial charge is 0.503 e. The predicted octanol–water partition coefficient (Wildman–Crippen LogP) is 16.4. The van der Waals surface area contributed by atoms with Gasteiger partial charge in [-0.1, -0.05) is 153 Å². The highest BCUT2D eigenvalue weighted by atomic mass is 16.5. The van der Waals surface area contributed by atoms with Crippen molar-refractivity contribution < 1.29 is 14.3 Å². The maximum Gasteiger partial charge on any atom is 0.503 e. The highest BCUT2D eigenvalue weighted by molar-refractivity contribution is 6.09. The standard InChI is InChI=1S/C61H58N4O/c1-40-19-16-28-54-57(40)64(58-49(41-20-12-11-13-21-41)25-18-26-50(58)42-33-44(60(5,6)7)35-45(34-42)61(8,9)10)39-63(54)46-22-17-23-47(37-46)66-48-29-30-52-51-24-14-15-27-53(51)65(55(52)38-48)56-36-43(31-32-62-56)59(2,3)4/h11-38H,1-10H3/q+2/i1D3,11D,12D,20D,21D. The summed E-state index contributed by atoms with van der Waals surface area (Å²) in [7, 11) is 0. The monoisotopic (exact) mass is 870 g/mol. The molecule has 0 bridgehead atoms. The quantitative estimate of drug-likeness (QED) is 0.150. The highest BCUT2D eigenvalue weighted by Gasteiger charge is 2.41. The number of hydrogen-bond acceptors (Lipinski definition) is 2. The van der Waals surface area contributed by atoms with E-state index in [2.05, 4.69) is 121 Å². The molecule has 66 heavy (non-hydrogen) atoms. The van der Waals surface area contributed by atoms with E-state index in [0.717, 1.165) is 44.3 Å². The summed E-state index contributed by atoms with van der Waals surface area (Å²) >= 11 is 0. The van der Waals surface area contributed by atoms with Gasteiger partial charge in [0.25, 0.3) is 5.69 Å². The third-order valence-electron chi connectivity index (χ3n) is 12.5. The van der Waals surface area contributed by atoms with Crippen LogP contribution in [-0.2, 0) is 16.2 Å². The lowest BCUT2D eigenvalue weighted by atomic mass is 9.78. The van der Waals surface area contributed by atoms with Gasteiger partial charge in [-0.2, -0.15) is 0 Å². The molecule has 7 aromatic carbocycles. The Morgan fingerprint density at radius 2 is 1.26 bits per heavy atom. The van der Waals surface area contributed by atoms with Crippen LogP contribution >= 0.6 is 0 Å². The fraction of sp³-hybridized carbons (Fsp3) is 0.213. The number of aryl methyl sites for hydroxylation is 1. The lowest BCUT2D eigenvalue weighted by Crippen LogP contribution is -2.16. The van der Waals surface area contributed by atoms with Gasteiger partial charge < -0.3 is 4.74 Å². The molecule has 2 aromatic heterocycles. The molecule has 0 radical (unpaired) electrons. The number of rotatable bonds is 7. The van der Waals surface area contributed by atoms with Crippen LogP contribution in [-0.4, -0.2) is 15.6 Å². The summed E-state index contributed by atoms with van der Waals surface area (Å²) in [6.45, 7) is 17.0. The number of fused-ring (bicyclic) bond motifs is 4. The van der Waals surface area contributed by atoms with Crippen LogP contribution in [0.4, 0.5) is 22.7 Å². The second kappa shape index (κ2) is 16.0. The minimum Gasteiger partial charge on any atom is -0.457 e. The van der Waals surface area contributed by atoms with Crippen molar-refractivity contribution in [1.29, 1.82) is 0 Å². The van der Waals surface area contributed by atoms with Crippen molar-refractivity contribution in [2.24, 2.45) is 0 Å². The van der Waals surface area contributed by atoms with Crippen LogP contribution in [0.3, 0.4) is 0 Å². The van der Waals surface area contributed by atoms with Crippen LogP contribution in [0.1, 0.15) is 94.2 Å². The molecule has 10 rings (SSSR count).